The molecule has 0 unspecified atom stereocenters. The van der Waals surface area contributed by atoms with Gasteiger partial charge in [-0.25, -0.2) is 14.2 Å². The van der Waals surface area contributed by atoms with Crippen molar-refractivity contribution in [2.24, 2.45) is 4.99 Å². The molecule has 1 aliphatic rings. The largest absolute Gasteiger partial charge is 0.493 e. The van der Waals surface area contributed by atoms with Crippen molar-refractivity contribution < 1.29 is 9.50 Å². The van der Waals surface area contributed by atoms with Crippen LogP contribution in [-0.4, -0.2) is 35.7 Å². The molecule has 9 nitrogen and oxygen atoms in total. The second kappa shape index (κ2) is 7.79. The van der Waals surface area contributed by atoms with Crippen molar-refractivity contribution in [1.29, 1.82) is 0 Å². The summed E-state index contributed by atoms with van der Waals surface area (Å²) in [6.45, 7) is 1.95. The van der Waals surface area contributed by atoms with E-state index in [2.05, 4.69) is 25.4 Å². The van der Waals surface area contributed by atoms with Crippen LogP contribution in [-0.2, 0) is 6.54 Å². The zero-order valence-electron chi connectivity index (χ0n) is 17.0. The summed E-state index contributed by atoms with van der Waals surface area (Å²) >= 11 is 6.29. The van der Waals surface area contributed by atoms with E-state index in [1.165, 1.54) is 6.07 Å². The van der Waals surface area contributed by atoms with Crippen LogP contribution in [0.4, 0.5) is 10.2 Å². The van der Waals surface area contributed by atoms with E-state index in [0.717, 1.165) is 18.4 Å². The Kier molecular flexibility index (Phi) is 4.93. The lowest BCUT2D eigenvalue weighted by molar-refractivity contribution is 0.454. The number of aromatic hydroxyl groups is 1. The lowest BCUT2D eigenvalue weighted by atomic mass is 10.1. The standard InChI is InChI=1S/C21H19ClFN7O2/c1-10-2-5-14(23)13(18(10)22)9-24-16-7-17(26-12-3-4-12)30-19(28-16)11(8-25-30)6-15-20(31)29-21(32)27-15/h2,5-8,12,24,31H,3-4,9H2,1H3,(H2,27,29,32)/b11-6+,26-17?. The van der Waals surface area contributed by atoms with Crippen molar-refractivity contribution >= 4 is 29.1 Å². The first kappa shape index (κ1) is 20.3. The molecule has 0 bridgehead atoms. The van der Waals surface area contributed by atoms with Gasteiger partial charge in [0.05, 0.1) is 17.3 Å². The summed E-state index contributed by atoms with van der Waals surface area (Å²) in [6.07, 6.45) is 5.15. The molecule has 0 atom stereocenters. The Morgan fingerprint density at radius 2 is 2.22 bits per heavy atom. The number of hydrogen-bond donors (Lipinski definition) is 4. The molecule has 1 saturated carbocycles. The van der Waals surface area contributed by atoms with E-state index in [0.29, 0.717) is 32.8 Å². The Morgan fingerprint density at radius 1 is 1.41 bits per heavy atom. The van der Waals surface area contributed by atoms with Crippen LogP contribution in [0.3, 0.4) is 0 Å². The highest BCUT2D eigenvalue weighted by Gasteiger charge is 2.20. The van der Waals surface area contributed by atoms with Gasteiger partial charge in [0.15, 0.2) is 11.1 Å². The van der Waals surface area contributed by atoms with Gasteiger partial charge in [-0.2, -0.15) is 9.61 Å². The molecule has 1 aromatic carbocycles. The first-order valence-electron chi connectivity index (χ1n) is 10.0. The van der Waals surface area contributed by atoms with Crippen molar-refractivity contribution in [3.05, 3.63) is 73.2 Å². The summed E-state index contributed by atoms with van der Waals surface area (Å²) in [6, 6.07) is 5.00. The number of H-pyrrole nitrogens is 2. The van der Waals surface area contributed by atoms with E-state index in [1.807, 2.05) is 6.92 Å². The lowest BCUT2D eigenvalue weighted by Crippen LogP contribution is -2.20. The number of hydrogen-bond acceptors (Lipinski definition) is 6. The van der Waals surface area contributed by atoms with Gasteiger partial charge in [-0.15, -0.1) is 0 Å². The van der Waals surface area contributed by atoms with Crippen molar-refractivity contribution in [2.75, 3.05) is 5.32 Å². The normalized spacial score (nSPS) is 15.1. The summed E-state index contributed by atoms with van der Waals surface area (Å²) in [7, 11) is 0. The number of anilines is 1. The molecule has 1 aliphatic carbocycles. The molecular formula is C21H19ClFN7O2. The van der Waals surface area contributed by atoms with Gasteiger partial charge in [0.2, 0.25) is 5.88 Å². The molecule has 0 spiro atoms. The Morgan fingerprint density at radius 3 is 2.94 bits per heavy atom. The Bertz CT molecular complexity index is 1520. The molecule has 11 heteroatoms. The predicted molar refractivity (Wildman–Crippen MR) is 117 cm³/mol. The maximum atomic E-state index is 14.3. The molecule has 32 heavy (non-hydrogen) atoms. The van der Waals surface area contributed by atoms with Crippen LogP contribution in [0.25, 0.3) is 11.7 Å². The average molecular weight is 456 g/mol. The van der Waals surface area contributed by atoms with E-state index in [1.54, 1.807) is 28.9 Å². The van der Waals surface area contributed by atoms with E-state index in [4.69, 9.17) is 16.6 Å². The number of fused-ring (bicyclic) bond motifs is 1. The molecule has 4 N–H and O–H groups in total. The second-order valence-corrected chi connectivity index (χ2v) is 8.07. The van der Waals surface area contributed by atoms with Crippen LogP contribution in [0.15, 0.2) is 34.2 Å². The smallest absolute Gasteiger partial charge is 0.326 e. The fraction of sp³-hybridized carbons (Fsp3) is 0.238. The minimum absolute atomic E-state index is 0.136. The molecule has 3 heterocycles. The van der Waals surface area contributed by atoms with Gasteiger partial charge in [0, 0.05) is 23.4 Å². The van der Waals surface area contributed by atoms with Crippen LogP contribution >= 0.6 is 11.6 Å². The molecule has 0 aliphatic heterocycles. The van der Waals surface area contributed by atoms with Gasteiger partial charge in [-0.3, -0.25) is 9.98 Å². The third-order valence-corrected chi connectivity index (χ3v) is 5.73. The Hall–Kier alpha value is -3.66. The van der Waals surface area contributed by atoms with Crippen LogP contribution in [0, 0.1) is 12.7 Å². The number of nitrogens with zero attached hydrogens (tertiary/aromatic N) is 4. The molecule has 0 radical (unpaired) electrons. The quantitative estimate of drug-likeness (QED) is 0.365. The van der Waals surface area contributed by atoms with Crippen LogP contribution in [0.2, 0.25) is 5.02 Å². The van der Waals surface area contributed by atoms with Crippen LogP contribution in [0.5, 0.6) is 5.88 Å². The molecule has 5 rings (SSSR count). The minimum atomic E-state index is -0.526. The minimum Gasteiger partial charge on any atom is -0.493 e. The van der Waals surface area contributed by atoms with Gasteiger partial charge in [-0.05, 0) is 37.5 Å². The zero-order chi connectivity index (χ0) is 22.4. The highest BCUT2D eigenvalue weighted by molar-refractivity contribution is 6.32. The SMILES string of the molecule is Cc1ccc(F)c(CNc2cc(=NC3CC3)n3nc/c(=C\c4[nH]c(=O)[nH]c4O)c3n2)c1Cl. The number of imidazole rings is 1. The first-order chi connectivity index (χ1) is 15.4. The monoisotopic (exact) mass is 455 g/mol. The maximum absolute atomic E-state index is 14.3. The number of aromatic amines is 2. The Balaban J connectivity index is 1.60. The summed E-state index contributed by atoms with van der Waals surface area (Å²) in [4.78, 5) is 25.5. The average Bonchev–Trinajstić information content (AvgIpc) is 3.39. The molecule has 4 aromatic rings. The third-order valence-electron chi connectivity index (χ3n) is 5.20. The van der Waals surface area contributed by atoms with Crippen LogP contribution in [0.1, 0.15) is 29.7 Å². The predicted octanol–water partition coefficient (Wildman–Crippen LogP) is 1.78. The highest BCUT2D eigenvalue weighted by atomic mass is 35.5. The first-order valence-corrected chi connectivity index (χ1v) is 10.4. The topological polar surface area (TPSA) is 123 Å². The number of halogens is 2. The van der Waals surface area contributed by atoms with E-state index in [9.17, 15) is 14.3 Å². The molecule has 164 valence electrons. The Labute approximate surface area is 185 Å². The third kappa shape index (κ3) is 3.84. The maximum Gasteiger partial charge on any atom is 0.326 e. The number of aryl methyl sites for hydroxylation is 1. The molecule has 0 amide bonds. The number of aromatic nitrogens is 5. The van der Waals surface area contributed by atoms with Gasteiger partial charge in [-0.1, -0.05) is 17.7 Å². The lowest BCUT2D eigenvalue weighted by Gasteiger charge is -2.10. The van der Waals surface area contributed by atoms with Crippen molar-refractivity contribution in [1.82, 2.24) is 24.6 Å². The number of nitrogens with one attached hydrogen (secondary N) is 3. The number of rotatable bonds is 5. The van der Waals surface area contributed by atoms with Crippen molar-refractivity contribution in [3.8, 4) is 5.88 Å². The summed E-state index contributed by atoms with van der Waals surface area (Å²) in [5.41, 5.74) is 1.88. The highest BCUT2D eigenvalue weighted by Crippen LogP contribution is 2.24. The fourth-order valence-electron chi connectivity index (χ4n) is 3.34. The number of benzene rings is 1. The second-order valence-electron chi connectivity index (χ2n) is 7.69. The molecule has 0 saturated heterocycles. The van der Waals surface area contributed by atoms with Gasteiger partial charge < -0.3 is 15.4 Å². The molecule has 3 aromatic heterocycles. The fourth-order valence-corrected chi connectivity index (χ4v) is 3.56. The van der Waals surface area contributed by atoms with Crippen molar-refractivity contribution in [3.63, 3.8) is 0 Å². The zero-order valence-corrected chi connectivity index (χ0v) is 17.7. The van der Waals surface area contributed by atoms with E-state index in [-0.39, 0.29) is 24.2 Å². The summed E-state index contributed by atoms with van der Waals surface area (Å²) in [5, 5.41) is 18.3. The van der Waals surface area contributed by atoms with E-state index < -0.39 is 11.5 Å². The summed E-state index contributed by atoms with van der Waals surface area (Å²) in [5.74, 6) is -0.214. The van der Waals surface area contributed by atoms with Crippen molar-refractivity contribution in [2.45, 2.75) is 32.4 Å². The molecule has 1 fully saturated rings. The molecular weight excluding hydrogens is 437 g/mol. The van der Waals surface area contributed by atoms with Gasteiger partial charge >= 0.3 is 5.69 Å². The van der Waals surface area contributed by atoms with Crippen LogP contribution < -0.4 is 21.7 Å². The van der Waals surface area contributed by atoms with E-state index >= 15 is 0 Å². The van der Waals surface area contributed by atoms with Gasteiger partial charge in [0.1, 0.15) is 17.3 Å². The summed E-state index contributed by atoms with van der Waals surface area (Å²) < 4.78 is 15.9. The van der Waals surface area contributed by atoms with Gasteiger partial charge in [0.25, 0.3) is 0 Å².